The van der Waals surface area contributed by atoms with Crippen LogP contribution in [0.4, 0.5) is 0 Å². The summed E-state index contributed by atoms with van der Waals surface area (Å²) in [4.78, 5) is 12.1. The summed E-state index contributed by atoms with van der Waals surface area (Å²) in [6.07, 6.45) is 6.93. The topological polar surface area (TPSA) is 63.2 Å². The molecule has 2 aromatic carbocycles. The van der Waals surface area contributed by atoms with Gasteiger partial charge in [-0.25, -0.2) is 4.79 Å². The first-order chi connectivity index (χ1) is 17.5. The van der Waals surface area contributed by atoms with Gasteiger partial charge in [-0.15, -0.1) is 0 Å². The standard InChI is InChI=1S/C31H42O6/c1-9-33-20-35-27-21(3)22(4)28-26(23(27)5)17-19-31(8,37-28)18-11-12-24-13-15-25(16-14-24)36-30(6,7)29(32)34-10-2/h11,13-16,18H,9-10,12,17,19-20H2,1-8H3/t31-/m0/s1. The van der Waals surface area contributed by atoms with Crippen molar-refractivity contribution in [3.05, 3.63) is 64.2 Å². The van der Waals surface area contributed by atoms with Crippen molar-refractivity contribution in [2.24, 2.45) is 0 Å². The summed E-state index contributed by atoms with van der Waals surface area (Å²) in [6.45, 7) is 16.8. The quantitative estimate of drug-likeness (QED) is 0.147. The Morgan fingerprint density at radius 1 is 1.05 bits per heavy atom. The lowest BCUT2D eigenvalue weighted by molar-refractivity contribution is -0.158. The van der Waals surface area contributed by atoms with E-state index in [4.69, 9.17) is 23.7 Å². The fraction of sp³-hybridized carbons (Fsp3) is 0.516. The third-order valence-corrected chi connectivity index (χ3v) is 6.90. The molecule has 1 aliphatic rings. The van der Waals surface area contributed by atoms with E-state index in [1.807, 2.05) is 31.2 Å². The average Bonchev–Trinajstić information content (AvgIpc) is 2.86. The third-order valence-electron chi connectivity index (χ3n) is 6.90. The summed E-state index contributed by atoms with van der Waals surface area (Å²) in [7, 11) is 0. The Morgan fingerprint density at radius 2 is 1.76 bits per heavy atom. The number of carbonyl (C=O) groups excluding carboxylic acids is 1. The molecule has 37 heavy (non-hydrogen) atoms. The van der Waals surface area contributed by atoms with E-state index in [9.17, 15) is 4.79 Å². The molecule has 1 heterocycles. The number of ether oxygens (including phenoxy) is 5. The minimum absolute atomic E-state index is 0.258. The van der Waals surface area contributed by atoms with E-state index in [0.717, 1.165) is 53.0 Å². The second-order valence-corrected chi connectivity index (χ2v) is 10.3. The molecule has 1 aliphatic heterocycles. The van der Waals surface area contributed by atoms with Crippen molar-refractivity contribution in [2.45, 2.75) is 85.9 Å². The number of hydrogen-bond donors (Lipinski definition) is 0. The normalized spacial score (nSPS) is 17.3. The van der Waals surface area contributed by atoms with E-state index in [-0.39, 0.29) is 18.4 Å². The summed E-state index contributed by atoms with van der Waals surface area (Å²) >= 11 is 0. The van der Waals surface area contributed by atoms with E-state index in [2.05, 4.69) is 39.8 Å². The van der Waals surface area contributed by atoms with Gasteiger partial charge in [0.15, 0.2) is 12.4 Å². The molecule has 0 saturated carbocycles. The number of benzene rings is 2. The molecule has 0 bridgehead atoms. The van der Waals surface area contributed by atoms with Gasteiger partial charge < -0.3 is 23.7 Å². The van der Waals surface area contributed by atoms with Crippen molar-refractivity contribution in [1.29, 1.82) is 0 Å². The van der Waals surface area contributed by atoms with E-state index < -0.39 is 5.60 Å². The van der Waals surface area contributed by atoms with Crippen molar-refractivity contribution >= 4 is 5.97 Å². The minimum Gasteiger partial charge on any atom is -0.483 e. The van der Waals surface area contributed by atoms with Gasteiger partial charge in [-0.3, -0.25) is 0 Å². The van der Waals surface area contributed by atoms with Crippen LogP contribution in [0.2, 0.25) is 0 Å². The van der Waals surface area contributed by atoms with Crippen LogP contribution >= 0.6 is 0 Å². The number of carbonyl (C=O) groups is 1. The first-order valence-corrected chi connectivity index (χ1v) is 13.2. The molecular weight excluding hydrogens is 468 g/mol. The molecule has 0 aromatic heterocycles. The Hall–Kier alpha value is -2.99. The molecule has 202 valence electrons. The molecule has 0 fully saturated rings. The molecule has 0 aliphatic carbocycles. The van der Waals surface area contributed by atoms with Crippen LogP contribution in [0.1, 0.15) is 68.9 Å². The largest absolute Gasteiger partial charge is 0.483 e. The Labute approximate surface area is 221 Å². The van der Waals surface area contributed by atoms with Crippen molar-refractivity contribution in [2.75, 3.05) is 20.0 Å². The SMILES string of the molecule is CCOCOc1c(C)c(C)c2c(c1C)CC[C@](C)(C=CCc1ccc(OC(C)(C)C(=O)OCC)cc1)O2. The molecule has 0 amide bonds. The smallest absolute Gasteiger partial charge is 0.349 e. The molecule has 6 heteroatoms. The highest BCUT2D eigenvalue weighted by atomic mass is 16.7. The fourth-order valence-corrected chi connectivity index (χ4v) is 4.55. The molecule has 1 atom stereocenters. The second-order valence-electron chi connectivity index (χ2n) is 10.3. The van der Waals surface area contributed by atoms with E-state index >= 15 is 0 Å². The zero-order valence-corrected chi connectivity index (χ0v) is 23.7. The van der Waals surface area contributed by atoms with Crippen molar-refractivity contribution in [3.63, 3.8) is 0 Å². The molecule has 0 radical (unpaired) electrons. The molecule has 0 N–H and O–H groups in total. The second kappa shape index (κ2) is 12.0. The summed E-state index contributed by atoms with van der Waals surface area (Å²) in [5.74, 6) is 2.14. The Balaban J connectivity index is 1.66. The highest BCUT2D eigenvalue weighted by molar-refractivity contribution is 5.79. The van der Waals surface area contributed by atoms with Gasteiger partial charge in [0, 0.05) is 12.2 Å². The van der Waals surface area contributed by atoms with Crippen molar-refractivity contribution in [1.82, 2.24) is 0 Å². The number of esters is 1. The molecule has 0 unspecified atom stereocenters. The van der Waals surface area contributed by atoms with Gasteiger partial charge in [0.1, 0.15) is 22.8 Å². The lowest BCUT2D eigenvalue weighted by atomic mass is 9.86. The molecule has 3 rings (SSSR count). The van der Waals surface area contributed by atoms with Crippen molar-refractivity contribution < 1.29 is 28.5 Å². The van der Waals surface area contributed by atoms with Crippen LogP contribution in [0.15, 0.2) is 36.4 Å². The van der Waals surface area contributed by atoms with Gasteiger partial charge in [0.25, 0.3) is 0 Å². The molecular formula is C31H42O6. The summed E-state index contributed by atoms with van der Waals surface area (Å²) in [5, 5.41) is 0. The van der Waals surface area contributed by atoms with Crippen molar-refractivity contribution in [3.8, 4) is 17.2 Å². The maximum atomic E-state index is 12.1. The lowest BCUT2D eigenvalue weighted by Gasteiger charge is -2.36. The zero-order valence-electron chi connectivity index (χ0n) is 23.7. The van der Waals surface area contributed by atoms with Gasteiger partial charge >= 0.3 is 5.97 Å². The number of fused-ring (bicyclic) bond motifs is 1. The third kappa shape index (κ3) is 6.86. The van der Waals surface area contributed by atoms with Gasteiger partial charge in [0.05, 0.1) is 6.61 Å². The molecule has 0 spiro atoms. The van der Waals surface area contributed by atoms with Crippen LogP contribution < -0.4 is 14.2 Å². The van der Waals surface area contributed by atoms with E-state index in [1.165, 1.54) is 5.56 Å². The van der Waals surface area contributed by atoms with Crippen LogP contribution in [0.25, 0.3) is 0 Å². The van der Waals surface area contributed by atoms with Crippen LogP contribution in [-0.4, -0.2) is 37.2 Å². The predicted octanol–water partition coefficient (Wildman–Crippen LogP) is 6.59. The molecule has 6 nitrogen and oxygen atoms in total. The maximum absolute atomic E-state index is 12.1. The maximum Gasteiger partial charge on any atom is 0.349 e. The summed E-state index contributed by atoms with van der Waals surface area (Å²) in [5.41, 5.74) is 4.31. The minimum atomic E-state index is -1.04. The van der Waals surface area contributed by atoms with Gasteiger partial charge in [-0.05, 0) is 115 Å². The van der Waals surface area contributed by atoms with Gasteiger partial charge in [0.2, 0.25) is 0 Å². The Morgan fingerprint density at radius 3 is 2.41 bits per heavy atom. The van der Waals surface area contributed by atoms with Crippen LogP contribution in [0.3, 0.4) is 0 Å². The zero-order chi connectivity index (χ0) is 27.2. The predicted molar refractivity (Wildman–Crippen MR) is 146 cm³/mol. The van der Waals surface area contributed by atoms with Gasteiger partial charge in [-0.2, -0.15) is 0 Å². The Bertz CT molecular complexity index is 1120. The van der Waals surface area contributed by atoms with E-state index in [0.29, 0.717) is 19.0 Å². The van der Waals surface area contributed by atoms with Crippen LogP contribution in [0, 0.1) is 20.8 Å². The van der Waals surface area contributed by atoms with Crippen LogP contribution in [0.5, 0.6) is 17.2 Å². The van der Waals surface area contributed by atoms with Gasteiger partial charge in [-0.1, -0.05) is 18.2 Å². The number of rotatable bonds is 11. The Kier molecular flexibility index (Phi) is 9.30. The van der Waals surface area contributed by atoms with E-state index in [1.54, 1.807) is 20.8 Å². The fourth-order valence-electron chi connectivity index (χ4n) is 4.55. The first kappa shape index (κ1) is 28.6. The lowest BCUT2D eigenvalue weighted by Crippen LogP contribution is -2.39. The first-order valence-electron chi connectivity index (χ1n) is 13.2. The molecule has 0 saturated heterocycles. The highest BCUT2D eigenvalue weighted by Crippen LogP contribution is 2.44. The number of hydrogen-bond acceptors (Lipinski definition) is 6. The monoisotopic (exact) mass is 510 g/mol. The molecule has 2 aromatic rings. The summed E-state index contributed by atoms with van der Waals surface area (Å²) < 4.78 is 28.9. The van der Waals surface area contributed by atoms with Crippen LogP contribution in [-0.2, 0) is 27.1 Å². The average molecular weight is 511 g/mol. The summed E-state index contributed by atoms with van der Waals surface area (Å²) in [6, 6.07) is 7.81. The number of allylic oxidation sites excluding steroid dienone is 1. The highest BCUT2D eigenvalue weighted by Gasteiger charge is 2.33.